The minimum Gasteiger partial charge on any atom is -0.495 e. The molecule has 2 aromatic carbocycles. The summed E-state index contributed by atoms with van der Waals surface area (Å²) in [6.45, 7) is 0.827. The molecule has 2 aromatic rings. The highest BCUT2D eigenvalue weighted by atomic mass is 35.5. The second kappa shape index (κ2) is 6.41. The number of ether oxygens (including phenoxy) is 3. The third kappa shape index (κ3) is 2.97. The van der Waals surface area contributed by atoms with Gasteiger partial charge in [0.25, 0.3) is 10.0 Å². The fourth-order valence-electron chi connectivity index (χ4n) is 2.38. The highest BCUT2D eigenvalue weighted by Crippen LogP contribution is 2.36. The molecule has 0 atom stereocenters. The van der Waals surface area contributed by atoms with Crippen molar-refractivity contribution in [3.05, 3.63) is 41.4 Å². The van der Waals surface area contributed by atoms with Crippen LogP contribution in [-0.4, -0.2) is 35.8 Å². The number of methoxy groups -OCH3 is 1. The first-order chi connectivity index (χ1) is 11.4. The molecule has 0 saturated carbocycles. The van der Waals surface area contributed by atoms with Crippen molar-refractivity contribution in [1.82, 2.24) is 0 Å². The van der Waals surface area contributed by atoms with Crippen LogP contribution in [0.4, 0.5) is 5.69 Å². The number of hydrogen-bond acceptors (Lipinski definition) is 5. The van der Waals surface area contributed by atoms with Gasteiger partial charge in [-0.05, 0) is 30.3 Å². The first-order valence-corrected chi connectivity index (χ1v) is 8.97. The number of anilines is 1. The van der Waals surface area contributed by atoms with Crippen LogP contribution in [-0.2, 0) is 10.0 Å². The van der Waals surface area contributed by atoms with Crippen molar-refractivity contribution in [3.63, 3.8) is 0 Å². The summed E-state index contributed by atoms with van der Waals surface area (Å²) < 4.78 is 43.1. The van der Waals surface area contributed by atoms with Crippen molar-refractivity contribution in [2.24, 2.45) is 0 Å². The summed E-state index contributed by atoms with van der Waals surface area (Å²) in [7, 11) is -0.901. The average Bonchev–Trinajstić information content (AvgIpc) is 2.60. The van der Waals surface area contributed by atoms with Gasteiger partial charge >= 0.3 is 0 Å². The predicted molar refractivity (Wildman–Crippen MR) is 91.0 cm³/mol. The molecule has 0 amide bonds. The number of hydrogen-bond donors (Lipinski definition) is 0. The number of fused-ring (bicyclic) bond motifs is 1. The molecule has 0 radical (unpaired) electrons. The van der Waals surface area contributed by atoms with Crippen LogP contribution >= 0.6 is 11.6 Å². The van der Waals surface area contributed by atoms with E-state index in [0.29, 0.717) is 41.2 Å². The van der Waals surface area contributed by atoms with Gasteiger partial charge in [0.15, 0.2) is 11.5 Å². The molecule has 0 bridgehead atoms. The zero-order valence-corrected chi connectivity index (χ0v) is 14.7. The van der Waals surface area contributed by atoms with Crippen molar-refractivity contribution in [2.45, 2.75) is 4.90 Å². The summed E-state index contributed by atoms with van der Waals surface area (Å²) in [6, 6.07) is 9.32. The zero-order valence-electron chi connectivity index (χ0n) is 13.2. The Hall–Kier alpha value is -2.12. The van der Waals surface area contributed by atoms with Gasteiger partial charge in [-0.25, -0.2) is 8.42 Å². The van der Waals surface area contributed by atoms with Gasteiger partial charge in [0.05, 0.1) is 17.7 Å². The summed E-state index contributed by atoms with van der Waals surface area (Å²) in [4.78, 5) is 0.0938. The van der Waals surface area contributed by atoms with Crippen LogP contribution in [0.25, 0.3) is 0 Å². The first-order valence-electron chi connectivity index (χ1n) is 7.15. The molecule has 0 spiro atoms. The van der Waals surface area contributed by atoms with Crippen molar-refractivity contribution < 1.29 is 22.6 Å². The van der Waals surface area contributed by atoms with Crippen LogP contribution in [0.3, 0.4) is 0 Å². The van der Waals surface area contributed by atoms with E-state index < -0.39 is 10.0 Å². The molecule has 1 aliphatic rings. The highest BCUT2D eigenvalue weighted by Gasteiger charge is 2.26. The van der Waals surface area contributed by atoms with Gasteiger partial charge in [0.2, 0.25) is 0 Å². The molecular formula is C16H16ClNO5S. The Labute approximate surface area is 145 Å². The Kier molecular flexibility index (Phi) is 4.47. The second-order valence-corrected chi connectivity index (χ2v) is 7.50. The van der Waals surface area contributed by atoms with E-state index >= 15 is 0 Å². The summed E-state index contributed by atoms with van der Waals surface area (Å²) in [5, 5.41) is 0.412. The Morgan fingerprint density at radius 3 is 2.50 bits per heavy atom. The SMILES string of the molecule is COc1ccc(Cl)cc1N(C)S(=O)(=O)c1ccc2c(c1)OCCO2. The monoisotopic (exact) mass is 369 g/mol. The molecule has 8 heteroatoms. The van der Waals surface area contributed by atoms with Crippen LogP contribution in [0.5, 0.6) is 17.2 Å². The average molecular weight is 370 g/mol. The van der Waals surface area contributed by atoms with Crippen LogP contribution < -0.4 is 18.5 Å². The molecule has 0 saturated heterocycles. The van der Waals surface area contributed by atoms with Gasteiger partial charge in [-0.3, -0.25) is 4.31 Å². The fourth-order valence-corrected chi connectivity index (χ4v) is 3.76. The van der Waals surface area contributed by atoms with Crippen molar-refractivity contribution in [2.75, 3.05) is 31.7 Å². The van der Waals surface area contributed by atoms with Gasteiger partial charge in [-0.1, -0.05) is 11.6 Å². The van der Waals surface area contributed by atoms with Crippen LogP contribution in [0.1, 0.15) is 0 Å². The minimum atomic E-state index is -3.82. The smallest absolute Gasteiger partial charge is 0.264 e. The topological polar surface area (TPSA) is 65.1 Å². The van der Waals surface area contributed by atoms with E-state index in [0.717, 1.165) is 4.31 Å². The molecule has 0 N–H and O–H groups in total. The Morgan fingerprint density at radius 2 is 1.79 bits per heavy atom. The molecule has 0 aliphatic carbocycles. The Bertz CT molecular complexity index is 869. The number of rotatable bonds is 4. The predicted octanol–water partition coefficient (Wildman–Crippen LogP) is 2.94. The normalized spacial score (nSPS) is 13.5. The van der Waals surface area contributed by atoms with Gasteiger partial charge in [0.1, 0.15) is 19.0 Å². The fraction of sp³-hybridized carbons (Fsp3) is 0.250. The van der Waals surface area contributed by atoms with Gasteiger partial charge in [0, 0.05) is 18.1 Å². The van der Waals surface area contributed by atoms with Crippen molar-refractivity contribution in [1.29, 1.82) is 0 Å². The lowest BCUT2D eigenvalue weighted by Crippen LogP contribution is -2.27. The highest BCUT2D eigenvalue weighted by molar-refractivity contribution is 7.92. The van der Waals surface area contributed by atoms with E-state index in [1.54, 1.807) is 18.2 Å². The summed E-state index contributed by atoms with van der Waals surface area (Å²) in [6.07, 6.45) is 0. The summed E-state index contributed by atoms with van der Waals surface area (Å²) >= 11 is 6.00. The largest absolute Gasteiger partial charge is 0.495 e. The maximum absolute atomic E-state index is 12.9. The van der Waals surface area contributed by atoms with Gasteiger partial charge < -0.3 is 14.2 Å². The molecule has 1 aliphatic heterocycles. The lowest BCUT2D eigenvalue weighted by atomic mass is 10.3. The lowest BCUT2D eigenvalue weighted by Gasteiger charge is -2.23. The standard InChI is InChI=1S/C16H16ClNO5S/c1-18(13-9-11(17)3-5-14(13)21-2)24(19,20)12-4-6-15-16(10-12)23-8-7-22-15/h3-6,9-10H,7-8H2,1-2H3. The maximum atomic E-state index is 12.9. The van der Waals surface area contributed by atoms with Crippen molar-refractivity contribution in [3.8, 4) is 17.2 Å². The lowest BCUT2D eigenvalue weighted by molar-refractivity contribution is 0.171. The van der Waals surface area contributed by atoms with E-state index in [4.69, 9.17) is 25.8 Å². The molecule has 24 heavy (non-hydrogen) atoms. The molecule has 0 aromatic heterocycles. The number of sulfonamides is 1. The number of nitrogens with zero attached hydrogens (tertiary/aromatic N) is 1. The quantitative estimate of drug-likeness (QED) is 0.829. The minimum absolute atomic E-state index is 0.0938. The first kappa shape index (κ1) is 16.7. The molecule has 0 unspecified atom stereocenters. The van der Waals surface area contributed by atoms with E-state index in [-0.39, 0.29) is 4.90 Å². The van der Waals surface area contributed by atoms with E-state index in [9.17, 15) is 8.42 Å². The molecule has 3 rings (SSSR count). The summed E-state index contributed by atoms with van der Waals surface area (Å²) in [5.41, 5.74) is 0.347. The van der Waals surface area contributed by atoms with Crippen LogP contribution in [0.2, 0.25) is 5.02 Å². The summed E-state index contributed by atoms with van der Waals surface area (Å²) in [5.74, 6) is 1.35. The molecule has 6 nitrogen and oxygen atoms in total. The second-order valence-electron chi connectivity index (χ2n) is 5.09. The molecule has 1 heterocycles. The van der Waals surface area contributed by atoms with E-state index in [1.165, 1.54) is 32.4 Å². The third-order valence-corrected chi connectivity index (χ3v) is 5.65. The van der Waals surface area contributed by atoms with Crippen LogP contribution in [0, 0.1) is 0 Å². The van der Waals surface area contributed by atoms with Gasteiger partial charge in [-0.15, -0.1) is 0 Å². The van der Waals surface area contributed by atoms with Gasteiger partial charge in [-0.2, -0.15) is 0 Å². The van der Waals surface area contributed by atoms with Crippen LogP contribution in [0.15, 0.2) is 41.3 Å². The number of halogens is 1. The van der Waals surface area contributed by atoms with E-state index in [2.05, 4.69) is 0 Å². The molecule has 0 fully saturated rings. The maximum Gasteiger partial charge on any atom is 0.264 e. The third-order valence-electron chi connectivity index (χ3n) is 3.65. The Morgan fingerprint density at radius 1 is 1.08 bits per heavy atom. The zero-order chi connectivity index (χ0) is 17.3. The van der Waals surface area contributed by atoms with Crippen molar-refractivity contribution >= 4 is 27.3 Å². The molecular weight excluding hydrogens is 354 g/mol. The Balaban J connectivity index is 2.03. The number of benzene rings is 2. The van der Waals surface area contributed by atoms with E-state index in [1.807, 2.05) is 0 Å². The molecule has 128 valence electrons.